The van der Waals surface area contributed by atoms with Crippen molar-refractivity contribution in [3.8, 4) is 0 Å². The minimum absolute atomic E-state index is 0.0671. The standard InChI is InChI=1S/C22H26N4O6S/c27-22(20-16-18(26(28)29)7-8-21(20)24-9-2-1-3-10-24)23-17-5-4-6-19(15-17)33(30,31)25-11-13-32-14-12-25/h4-8,15-16H,1-3,9-14H2,(H,23,27). The Morgan fingerprint density at radius 2 is 1.73 bits per heavy atom. The lowest BCUT2D eigenvalue weighted by atomic mass is 10.1. The largest absolute Gasteiger partial charge is 0.379 e. The van der Waals surface area contributed by atoms with Gasteiger partial charge in [-0.05, 0) is 43.5 Å². The maximum absolute atomic E-state index is 13.2. The van der Waals surface area contributed by atoms with Crippen LogP contribution in [0.2, 0.25) is 0 Å². The molecule has 2 aromatic carbocycles. The molecular formula is C22H26N4O6S. The van der Waals surface area contributed by atoms with E-state index in [0.717, 1.165) is 32.4 Å². The molecule has 2 aromatic rings. The summed E-state index contributed by atoms with van der Waals surface area (Å²) in [6.45, 7) is 2.75. The van der Waals surface area contributed by atoms with Gasteiger partial charge >= 0.3 is 0 Å². The Labute approximate surface area is 192 Å². The van der Waals surface area contributed by atoms with Crippen molar-refractivity contribution >= 4 is 33.0 Å². The quantitative estimate of drug-likeness (QED) is 0.505. The number of piperidine rings is 1. The molecule has 2 saturated heterocycles. The fourth-order valence-corrected chi connectivity index (χ4v) is 5.55. The van der Waals surface area contributed by atoms with Crippen LogP contribution in [0.5, 0.6) is 0 Å². The zero-order valence-electron chi connectivity index (χ0n) is 18.1. The van der Waals surface area contributed by atoms with Crippen molar-refractivity contribution in [1.29, 1.82) is 0 Å². The third-order valence-electron chi connectivity index (χ3n) is 5.83. The molecule has 176 valence electrons. The number of ether oxygens (including phenoxy) is 1. The smallest absolute Gasteiger partial charge is 0.270 e. The predicted molar refractivity (Wildman–Crippen MR) is 123 cm³/mol. The summed E-state index contributed by atoms with van der Waals surface area (Å²) in [5.74, 6) is -0.528. The number of sulfonamides is 1. The Morgan fingerprint density at radius 1 is 1.00 bits per heavy atom. The van der Waals surface area contributed by atoms with Gasteiger partial charge in [-0.1, -0.05) is 6.07 Å². The first-order valence-corrected chi connectivity index (χ1v) is 12.3. The second-order valence-electron chi connectivity index (χ2n) is 8.00. The number of nitro benzene ring substituents is 1. The molecule has 2 aliphatic heterocycles. The molecule has 1 amide bonds. The second kappa shape index (κ2) is 9.86. The zero-order chi connectivity index (χ0) is 23.4. The third kappa shape index (κ3) is 5.15. The second-order valence-corrected chi connectivity index (χ2v) is 9.94. The van der Waals surface area contributed by atoms with Gasteiger partial charge in [0.1, 0.15) is 0 Å². The van der Waals surface area contributed by atoms with Gasteiger partial charge in [-0.3, -0.25) is 14.9 Å². The number of carbonyl (C=O) groups excluding carboxylic acids is 1. The van der Waals surface area contributed by atoms with E-state index in [1.54, 1.807) is 18.2 Å². The van der Waals surface area contributed by atoms with Crippen molar-refractivity contribution in [3.05, 3.63) is 58.1 Å². The summed E-state index contributed by atoms with van der Waals surface area (Å²) in [6.07, 6.45) is 3.08. The van der Waals surface area contributed by atoms with Gasteiger partial charge < -0.3 is 15.0 Å². The Morgan fingerprint density at radius 3 is 2.42 bits per heavy atom. The van der Waals surface area contributed by atoms with Crippen molar-refractivity contribution in [1.82, 2.24) is 4.31 Å². The number of amides is 1. The number of nitrogens with zero attached hydrogens (tertiary/aromatic N) is 3. The third-order valence-corrected chi connectivity index (χ3v) is 7.73. The van der Waals surface area contributed by atoms with E-state index in [-0.39, 0.29) is 29.2 Å². The van der Waals surface area contributed by atoms with E-state index in [1.165, 1.54) is 28.6 Å². The zero-order valence-corrected chi connectivity index (χ0v) is 18.9. The van der Waals surface area contributed by atoms with E-state index in [2.05, 4.69) is 10.2 Å². The summed E-state index contributed by atoms with van der Waals surface area (Å²) in [5.41, 5.74) is 0.942. The first-order chi connectivity index (χ1) is 15.9. The van der Waals surface area contributed by atoms with Gasteiger partial charge in [-0.2, -0.15) is 4.31 Å². The maximum atomic E-state index is 13.2. The van der Waals surface area contributed by atoms with E-state index in [0.29, 0.717) is 24.6 Å². The van der Waals surface area contributed by atoms with Crippen LogP contribution in [0.25, 0.3) is 0 Å². The number of benzene rings is 2. The molecule has 11 heteroatoms. The molecule has 2 heterocycles. The van der Waals surface area contributed by atoms with E-state index < -0.39 is 20.9 Å². The minimum atomic E-state index is -3.72. The fourth-order valence-electron chi connectivity index (χ4n) is 4.10. The summed E-state index contributed by atoms with van der Waals surface area (Å²) in [5, 5.41) is 14.0. The van der Waals surface area contributed by atoms with Crippen molar-refractivity contribution < 1.29 is 22.9 Å². The van der Waals surface area contributed by atoms with Crippen LogP contribution in [0, 0.1) is 10.1 Å². The number of hydrogen-bond donors (Lipinski definition) is 1. The molecule has 2 aliphatic rings. The Hall–Kier alpha value is -3.02. The van der Waals surface area contributed by atoms with Gasteiger partial charge in [-0.15, -0.1) is 0 Å². The number of rotatable bonds is 6. The highest BCUT2D eigenvalue weighted by Crippen LogP contribution is 2.29. The molecule has 0 saturated carbocycles. The van der Waals surface area contributed by atoms with Crippen molar-refractivity contribution in [2.75, 3.05) is 49.6 Å². The predicted octanol–water partition coefficient (Wildman–Crippen LogP) is 2.86. The molecule has 0 aliphatic carbocycles. The van der Waals surface area contributed by atoms with E-state index in [4.69, 9.17) is 4.74 Å². The number of hydrogen-bond acceptors (Lipinski definition) is 7. The lowest BCUT2D eigenvalue weighted by molar-refractivity contribution is -0.384. The Bertz CT molecular complexity index is 1140. The molecule has 4 rings (SSSR count). The van der Waals surface area contributed by atoms with Gasteiger partial charge in [0.05, 0.1) is 34.3 Å². The highest BCUT2D eigenvalue weighted by molar-refractivity contribution is 7.89. The normalized spacial score (nSPS) is 17.5. The van der Waals surface area contributed by atoms with E-state index in [1.807, 2.05) is 0 Å². The first-order valence-electron chi connectivity index (χ1n) is 10.9. The summed E-state index contributed by atoms with van der Waals surface area (Å²) < 4.78 is 32.5. The lowest BCUT2D eigenvalue weighted by Gasteiger charge is -2.30. The summed E-state index contributed by atoms with van der Waals surface area (Å²) in [7, 11) is -3.72. The van der Waals surface area contributed by atoms with Crippen molar-refractivity contribution in [3.63, 3.8) is 0 Å². The van der Waals surface area contributed by atoms with Gasteiger partial charge in [0.2, 0.25) is 10.0 Å². The molecule has 1 N–H and O–H groups in total. The molecule has 0 unspecified atom stereocenters. The molecule has 2 fully saturated rings. The average Bonchev–Trinajstić information content (AvgIpc) is 2.85. The van der Waals surface area contributed by atoms with Crippen LogP contribution < -0.4 is 10.2 Å². The lowest BCUT2D eigenvalue weighted by Crippen LogP contribution is -2.40. The molecule has 0 spiro atoms. The summed E-state index contributed by atoms with van der Waals surface area (Å²) in [6, 6.07) is 10.3. The van der Waals surface area contributed by atoms with Crippen molar-refractivity contribution in [2.45, 2.75) is 24.2 Å². The summed E-state index contributed by atoms with van der Waals surface area (Å²) >= 11 is 0. The fraction of sp³-hybridized carbons (Fsp3) is 0.409. The Balaban J connectivity index is 1.61. The van der Waals surface area contributed by atoms with Crippen LogP contribution in [0.3, 0.4) is 0 Å². The molecule has 33 heavy (non-hydrogen) atoms. The molecule has 0 aromatic heterocycles. The van der Waals surface area contributed by atoms with Crippen LogP contribution in [0.1, 0.15) is 29.6 Å². The molecule has 0 radical (unpaired) electrons. The van der Waals surface area contributed by atoms with Crippen LogP contribution >= 0.6 is 0 Å². The molecule has 0 bridgehead atoms. The van der Waals surface area contributed by atoms with E-state index >= 15 is 0 Å². The van der Waals surface area contributed by atoms with Gasteiger partial charge in [0.25, 0.3) is 11.6 Å². The number of nitrogens with one attached hydrogen (secondary N) is 1. The highest BCUT2D eigenvalue weighted by Gasteiger charge is 2.27. The highest BCUT2D eigenvalue weighted by atomic mass is 32.2. The van der Waals surface area contributed by atoms with E-state index in [9.17, 15) is 23.3 Å². The molecular weight excluding hydrogens is 448 g/mol. The van der Waals surface area contributed by atoms with Crippen LogP contribution in [-0.2, 0) is 14.8 Å². The first kappa shape index (κ1) is 23.1. The van der Waals surface area contributed by atoms with Gasteiger partial charge in [0, 0.05) is 44.0 Å². The van der Waals surface area contributed by atoms with Crippen LogP contribution in [0.15, 0.2) is 47.4 Å². The monoisotopic (exact) mass is 474 g/mol. The topological polar surface area (TPSA) is 122 Å². The SMILES string of the molecule is O=C(Nc1cccc(S(=O)(=O)N2CCOCC2)c1)c1cc([N+](=O)[O-])ccc1N1CCCCC1. The van der Waals surface area contributed by atoms with Crippen molar-refractivity contribution in [2.24, 2.45) is 0 Å². The van der Waals surface area contributed by atoms with Gasteiger partial charge in [-0.25, -0.2) is 8.42 Å². The maximum Gasteiger partial charge on any atom is 0.270 e. The number of nitro groups is 1. The minimum Gasteiger partial charge on any atom is -0.379 e. The van der Waals surface area contributed by atoms with Crippen LogP contribution in [-0.4, -0.2) is 62.9 Å². The van der Waals surface area contributed by atoms with Crippen LogP contribution in [0.4, 0.5) is 17.1 Å². The van der Waals surface area contributed by atoms with Gasteiger partial charge in [0.15, 0.2) is 0 Å². The molecule has 0 atom stereocenters. The number of morpholine rings is 1. The number of anilines is 2. The number of carbonyl (C=O) groups is 1. The number of non-ortho nitro benzene ring substituents is 1. The molecule has 10 nitrogen and oxygen atoms in total. The average molecular weight is 475 g/mol. The Kier molecular flexibility index (Phi) is 6.91. The summed E-state index contributed by atoms with van der Waals surface area (Å²) in [4.78, 5) is 26.1.